The van der Waals surface area contributed by atoms with Crippen molar-refractivity contribution < 1.29 is 9.90 Å². The Balaban J connectivity index is 2.16. The summed E-state index contributed by atoms with van der Waals surface area (Å²) in [5.41, 5.74) is 0. The first-order chi connectivity index (χ1) is 4.70. The van der Waals surface area contributed by atoms with Crippen molar-refractivity contribution in [2.45, 2.75) is 19.0 Å². The molecule has 4 nitrogen and oxygen atoms in total. The van der Waals surface area contributed by atoms with E-state index in [1.54, 1.807) is 6.92 Å². The molecular formula is C6H12N2O2. The molecular weight excluding hydrogens is 132 g/mol. The van der Waals surface area contributed by atoms with Gasteiger partial charge in [-0.2, -0.15) is 0 Å². The quantitative estimate of drug-likeness (QED) is 0.476. The largest absolute Gasteiger partial charge is 0.480 e. The van der Waals surface area contributed by atoms with Crippen LogP contribution in [0.3, 0.4) is 0 Å². The molecule has 1 saturated heterocycles. The van der Waals surface area contributed by atoms with Crippen LogP contribution in [0.5, 0.6) is 0 Å². The van der Waals surface area contributed by atoms with Crippen LogP contribution >= 0.6 is 0 Å². The molecule has 1 aliphatic rings. The average Bonchev–Trinajstić information content (AvgIpc) is 1.77. The van der Waals surface area contributed by atoms with Gasteiger partial charge in [-0.25, -0.2) is 0 Å². The van der Waals surface area contributed by atoms with Gasteiger partial charge in [-0.1, -0.05) is 0 Å². The second-order valence-electron chi connectivity index (χ2n) is 2.58. The van der Waals surface area contributed by atoms with E-state index in [1.807, 2.05) is 0 Å². The van der Waals surface area contributed by atoms with Gasteiger partial charge in [-0.15, -0.1) is 0 Å². The summed E-state index contributed by atoms with van der Waals surface area (Å²) < 4.78 is 0. The molecule has 0 aromatic heterocycles. The molecule has 4 heteroatoms. The van der Waals surface area contributed by atoms with Crippen molar-refractivity contribution in [3.63, 3.8) is 0 Å². The molecule has 0 aromatic carbocycles. The predicted octanol–water partition coefficient (Wildman–Crippen LogP) is -0.979. The Kier molecular flexibility index (Phi) is 2.24. The SMILES string of the molecule is C[C@@H](NC1CNC1)C(=O)O. The normalized spacial score (nSPS) is 21.7. The second kappa shape index (κ2) is 2.98. The van der Waals surface area contributed by atoms with Crippen molar-refractivity contribution in [3.05, 3.63) is 0 Å². The molecule has 1 heterocycles. The molecule has 0 amide bonds. The zero-order chi connectivity index (χ0) is 7.56. The number of hydrogen-bond donors (Lipinski definition) is 3. The fourth-order valence-corrected chi connectivity index (χ4v) is 0.831. The highest BCUT2D eigenvalue weighted by atomic mass is 16.4. The zero-order valence-electron chi connectivity index (χ0n) is 5.92. The summed E-state index contributed by atoms with van der Waals surface area (Å²) >= 11 is 0. The Labute approximate surface area is 59.6 Å². The minimum Gasteiger partial charge on any atom is -0.480 e. The molecule has 0 saturated carbocycles. The van der Waals surface area contributed by atoms with E-state index >= 15 is 0 Å². The Morgan fingerprint density at radius 3 is 2.70 bits per heavy atom. The zero-order valence-corrected chi connectivity index (χ0v) is 5.92. The lowest BCUT2D eigenvalue weighted by Crippen LogP contribution is -2.58. The van der Waals surface area contributed by atoms with Gasteiger partial charge in [0, 0.05) is 19.1 Å². The third kappa shape index (κ3) is 1.68. The molecule has 0 spiro atoms. The highest BCUT2D eigenvalue weighted by Gasteiger charge is 2.21. The Hall–Kier alpha value is -0.610. The van der Waals surface area contributed by atoms with Gasteiger partial charge in [0.05, 0.1) is 0 Å². The van der Waals surface area contributed by atoms with E-state index in [0.717, 1.165) is 13.1 Å². The lowest BCUT2D eigenvalue weighted by Gasteiger charge is -2.29. The van der Waals surface area contributed by atoms with Crippen LogP contribution in [0, 0.1) is 0 Å². The van der Waals surface area contributed by atoms with Crippen molar-refractivity contribution >= 4 is 5.97 Å². The lowest BCUT2D eigenvalue weighted by atomic mass is 10.1. The number of carboxylic acids is 1. The molecule has 0 bridgehead atoms. The number of carboxylic acid groups (broad SMARTS) is 1. The van der Waals surface area contributed by atoms with Gasteiger partial charge in [0.25, 0.3) is 0 Å². The summed E-state index contributed by atoms with van der Waals surface area (Å²) in [6, 6.07) is -0.0711. The highest BCUT2D eigenvalue weighted by molar-refractivity contribution is 5.72. The Morgan fingerprint density at radius 2 is 2.40 bits per heavy atom. The second-order valence-corrected chi connectivity index (χ2v) is 2.58. The van der Waals surface area contributed by atoms with Crippen molar-refractivity contribution in [2.24, 2.45) is 0 Å². The van der Waals surface area contributed by atoms with Gasteiger partial charge >= 0.3 is 5.97 Å². The van der Waals surface area contributed by atoms with Gasteiger partial charge in [0.1, 0.15) is 6.04 Å². The summed E-state index contributed by atoms with van der Waals surface area (Å²) in [6.45, 7) is 3.43. The smallest absolute Gasteiger partial charge is 0.320 e. The van der Waals surface area contributed by atoms with Gasteiger partial charge < -0.3 is 10.4 Å². The van der Waals surface area contributed by atoms with E-state index in [-0.39, 0.29) is 0 Å². The minimum atomic E-state index is -0.785. The number of nitrogens with one attached hydrogen (secondary N) is 2. The van der Waals surface area contributed by atoms with Crippen LogP contribution in [0.15, 0.2) is 0 Å². The van der Waals surface area contributed by atoms with Gasteiger partial charge in [-0.3, -0.25) is 10.1 Å². The van der Waals surface area contributed by atoms with Crippen LogP contribution < -0.4 is 10.6 Å². The van der Waals surface area contributed by atoms with Crippen molar-refractivity contribution in [1.82, 2.24) is 10.6 Å². The van der Waals surface area contributed by atoms with Crippen LogP contribution in [0.4, 0.5) is 0 Å². The number of aliphatic carboxylic acids is 1. The van der Waals surface area contributed by atoms with Crippen molar-refractivity contribution in [1.29, 1.82) is 0 Å². The summed E-state index contributed by atoms with van der Waals surface area (Å²) in [5, 5.41) is 14.5. The molecule has 1 aliphatic heterocycles. The van der Waals surface area contributed by atoms with E-state index in [4.69, 9.17) is 5.11 Å². The minimum absolute atomic E-state index is 0.353. The topological polar surface area (TPSA) is 61.4 Å². The first-order valence-corrected chi connectivity index (χ1v) is 3.39. The van der Waals surface area contributed by atoms with E-state index in [1.165, 1.54) is 0 Å². The number of carbonyl (C=O) groups is 1. The number of hydrogen-bond acceptors (Lipinski definition) is 3. The average molecular weight is 144 g/mol. The molecule has 3 N–H and O–H groups in total. The van der Waals surface area contributed by atoms with Crippen LogP contribution in [0.2, 0.25) is 0 Å². The monoisotopic (exact) mass is 144 g/mol. The van der Waals surface area contributed by atoms with E-state index in [9.17, 15) is 4.79 Å². The Bertz CT molecular complexity index is 134. The Morgan fingerprint density at radius 1 is 1.80 bits per heavy atom. The number of rotatable bonds is 3. The summed E-state index contributed by atoms with van der Waals surface area (Å²) in [7, 11) is 0. The van der Waals surface area contributed by atoms with Crippen molar-refractivity contribution in [2.75, 3.05) is 13.1 Å². The van der Waals surface area contributed by atoms with Crippen molar-refractivity contribution in [3.8, 4) is 0 Å². The molecule has 1 fully saturated rings. The maximum atomic E-state index is 10.3. The molecule has 0 unspecified atom stereocenters. The van der Waals surface area contributed by atoms with Gasteiger partial charge in [-0.05, 0) is 6.92 Å². The first-order valence-electron chi connectivity index (χ1n) is 3.39. The molecule has 1 rings (SSSR count). The molecule has 58 valence electrons. The first kappa shape index (κ1) is 7.50. The highest BCUT2D eigenvalue weighted by Crippen LogP contribution is 1.93. The molecule has 1 atom stereocenters. The summed E-state index contributed by atoms with van der Waals surface area (Å²) in [4.78, 5) is 10.3. The fourth-order valence-electron chi connectivity index (χ4n) is 0.831. The maximum Gasteiger partial charge on any atom is 0.320 e. The van der Waals surface area contributed by atoms with E-state index in [2.05, 4.69) is 10.6 Å². The van der Waals surface area contributed by atoms with Crippen LogP contribution in [0.1, 0.15) is 6.92 Å². The van der Waals surface area contributed by atoms with E-state index < -0.39 is 12.0 Å². The third-order valence-corrected chi connectivity index (χ3v) is 1.64. The molecule has 0 radical (unpaired) electrons. The molecule has 0 aliphatic carbocycles. The standard InChI is InChI=1S/C6H12N2O2/c1-4(6(9)10)8-5-2-7-3-5/h4-5,7-8H,2-3H2,1H3,(H,9,10)/t4-/m1/s1. The van der Waals surface area contributed by atoms with E-state index in [0.29, 0.717) is 6.04 Å². The lowest BCUT2D eigenvalue weighted by molar-refractivity contribution is -0.139. The van der Waals surface area contributed by atoms with Gasteiger partial charge in [0.2, 0.25) is 0 Å². The molecule has 0 aromatic rings. The van der Waals surface area contributed by atoms with Crippen LogP contribution in [-0.4, -0.2) is 36.2 Å². The third-order valence-electron chi connectivity index (χ3n) is 1.64. The molecule has 10 heavy (non-hydrogen) atoms. The van der Waals surface area contributed by atoms with Gasteiger partial charge in [0.15, 0.2) is 0 Å². The van der Waals surface area contributed by atoms with Crippen LogP contribution in [0.25, 0.3) is 0 Å². The maximum absolute atomic E-state index is 10.3. The predicted molar refractivity (Wildman–Crippen MR) is 36.9 cm³/mol. The van der Waals surface area contributed by atoms with Crippen LogP contribution in [-0.2, 0) is 4.79 Å². The summed E-state index contributed by atoms with van der Waals surface area (Å²) in [5.74, 6) is -0.785. The summed E-state index contributed by atoms with van der Waals surface area (Å²) in [6.07, 6.45) is 0. The fraction of sp³-hybridized carbons (Fsp3) is 0.833.